The number of hydrogen-bond acceptors (Lipinski definition) is 2. The molecule has 0 aromatic heterocycles. The van der Waals surface area contributed by atoms with Gasteiger partial charge >= 0.3 is 0 Å². The van der Waals surface area contributed by atoms with Crippen molar-refractivity contribution in [2.75, 3.05) is 26.2 Å². The Morgan fingerprint density at radius 3 is 1.83 bits per heavy atom. The average Bonchev–Trinajstić information content (AvgIpc) is 2.95. The van der Waals surface area contributed by atoms with Crippen molar-refractivity contribution in [3.63, 3.8) is 0 Å². The Kier molecular flexibility index (Phi) is 6.50. The zero-order valence-corrected chi connectivity index (χ0v) is 12.3. The average molecular weight is 252 g/mol. The maximum Gasteiger partial charge on any atom is 0.0110 e. The summed E-state index contributed by atoms with van der Waals surface area (Å²) in [6.45, 7) is 7.33. The van der Waals surface area contributed by atoms with Crippen molar-refractivity contribution < 1.29 is 0 Å². The number of rotatable bonds is 1. The standard InChI is InChI=1S/C9H18N2.C7H14/c1-2-4-9(3-1)11-7-5-10-6-8-11;1-7-5-3-2-4-6-7/h9-10H,1-8H2;7H,2-6H2,1H3. The first kappa shape index (κ1) is 14.3. The van der Waals surface area contributed by atoms with E-state index in [-0.39, 0.29) is 0 Å². The van der Waals surface area contributed by atoms with Crippen LogP contribution in [0, 0.1) is 5.92 Å². The summed E-state index contributed by atoms with van der Waals surface area (Å²) >= 11 is 0. The van der Waals surface area contributed by atoms with Crippen molar-refractivity contribution in [3.05, 3.63) is 0 Å². The lowest BCUT2D eigenvalue weighted by molar-refractivity contribution is 0.175. The fourth-order valence-electron chi connectivity index (χ4n) is 3.62. The second-order valence-corrected chi connectivity index (χ2v) is 6.47. The van der Waals surface area contributed by atoms with Crippen LogP contribution in [-0.2, 0) is 0 Å². The highest BCUT2D eigenvalue weighted by atomic mass is 15.2. The minimum atomic E-state index is 0.942. The molecule has 3 fully saturated rings. The van der Waals surface area contributed by atoms with Gasteiger partial charge in [0.05, 0.1) is 0 Å². The second-order valence-electron chi connectivity index (χ2n) is 6.47. The van der Waals surface area contributed by atoms with E-state index in [9.17, 15) is 0 Å². The Morgan fingerprint density at radius 2 is 1.33 bits per heavy atom. The molecule has 106 valence electrons. The minimum Gasteiger partial charge on any atom is -0.314 e. The number of piperazine rings is 1. The molecule has 3 aliphatic rings. The SMILES string of the molecule is C1CCC(N2CCNCC2)C1.CC1CCCCC1. The summed E-state index contributed by atoms with van der Waals surface area (Å²) in [6, 6.07) is 0.942. The molecule has 2 heteroatoms. The zero-order valence-electron chi connectivity index (χ0n) is 12.3. The van der Waals surface area contributed by atoms with Crippen LogP contribution in [0.2, 0.25) is 0 Å². The van der Waals surface area contributed by atoms with Gasteiger partial charge in [-0.3, -0.25) is 4.90 Å². The zero-order chi connectivity index (χ0) is 12.6. The van der Waals surface area contributed by atoms with Crippen molar-refractivity contribution in [3.8, 4) is 0 Å². The van der Waals surface area contributed by atoms with E-state index >= 15 is 0 Å². The third-order valence-electron chi connectivity index (χ3n) is 4.89. The van der Waals surface area contributed by atoms with Crippen LogP contribution in [0.5, 0.6) is 0 Å². The highest BCUT2D eigenvalue weighted by Gasteiger charge is 2.22. The summed E-state index contributed by atoms with van der Waals surface area (Å²) in [4.78, 5) is 2.67. The minimum absolute atomic E-state index is 0.942. The predicted octanol–water partition coefficient (Wildman–Crippen LogP) is 3.42. The van der Waals surface area contributed by atoms with E-state index in [1.807, 2.05) is 0 Å². The summed E-state index contributed by atoms with van der Waals surface area (Å²) in [5.41, 5.74) is 0. The van der Waals surface area contributed by atoms with Crippen LogP contribution in [0.25, 0.3) is 0 Å². The Balaban J connectivity index is 0.000000149. The summed E-state index contributed by atoms with van der Waals surface area (Å²) in [5.74, 6) is 1.04. The number of hydrogen-bond donors (Lipinski definition) is 1. The molecule has 3 rings (SSSR count). The van der Waals surface area contributed by atoms with Gasteiger partial charge in [0.25, 0.3) is 0 Å². The first-order chi connectivity index (χ1) is 8.86. The van der Waals surface area contributed by atoms with Crippen molar-refractivity contribution in [1.29, 1.82) is 0 Å². The van der Waals surface area contributed by atoms with E-state index in [0.29, 0.717) is 0 Å². The molecule has 0 spiro atoms. The van der Waals surface area contributed by atoms with Gasteiger partial charge in [-0.25, -0.2) is 0 Å². The Morgan fingerprint density at radius 1 is 0.778 bits per heavy atom. The van der Waals surface area contributed by atoms with Crippen LogP contribution < -0.4 is 5.32 Å². The maximum absolute atomic E-state index is 3.40. The lowest BCUT2D eigenvalue weighted by atomic mass is 9.91. The Bertz CT molecular complexity index is 199. The first-order valence-corrected chi connectivity index (χ1v) is 8.31. The topological polar surface area (TPSA) is 15.3 Å². The van der Waals surface area contributed by atoms with Gasteiger partial charge in [0.2, 0.25) is 0 Å². The molecular weight excluding hydrogens is 220 g/mol. The third kappa shape index (κ3) is 4.89. The molecular formula is C16H32N2. The first-order valence-electron chi connectivity index (χ1n) is 8.31. The summed E-state index contributed by atoms with van der Waals surface area (Å²) < 4.78 is 0. The van der Waals surface area contributed by atoms with E-state index in [1.54, 1.807) is 0 Å². The molecule has 0 aromatic rings. The summed E-state index contributed by atoms with van der Waals surface area (Å²) in [7, 11) is 0. The number of nitrogens with zero attached hydrogens (tertiary/aromatic N) is 1. The summed E-state index contributed by atoms with van der Waals surface area (Å²) in [5, 5.41) is 3.40. The summed E-state index contributed by atoms with van der Waals surface area (Å²) in [6.07, 6.45) is 13.3. The molecule has 0 radical (unpaired) electrons. The van der Waals surface area contributed by atoms with Crippen LogP contribution in [0.15, 0.2) is 0 Å². The molecule has 0 atom stereocenters. The van der Waals surface area contributed by atoms with Crippen molar-refractivity contribution in [2.24, 2.45) is 5.92 Å². The molecule has 2 aliphatic carbocycles. The van der Waals surface area contributed by atoms with Gasteiger partial charge in [-0.2, -0.15) is 0 Å². The van der Waals surface area contributed by atoms with E-state index in [0.717, 1.165) is 12.0 Å². The molecule has 0 unspecified atom stereocenters. The lowest BCUT2D eigenvalue weighted by Gasteiger charge is -2.32. The molecule has 1 N–H and O–H groups in total. The lowest BCUT2D eigenvalue weighted by Crippen LogP contribution is -2.47. The fourth-order valence-corrected chi connectivity index (χ4v) is 3.62. The molecule has 0 bridgehead atoms. The normalized spacial score (nSPS) is 27.8. The monoisotopic (exact) mass is 252 g/mol. The van der Waals surface area contributed by atoms with Gasteiger partial charge in [-0.05, 0) is 18.8 Å². The molecule has 1 saturated heterocycles. The Hall–Kier alpha value is -0.0800. The predicted molar refractivity (Wildman–Crippen MR) is 78.9 cm³/mol. The highest BCUT2D eigenvalue weighted by Crippen LogP contribution is 2.23. The van der Waals surface area contributed by atoms with Crippen molar-refractivity contribution in [1.82, 2.24) is 10.2 Å². The van der Waals surface area contributed by atoms with Gasteiger partial charge in [-0.15, -0.1) is 0 Å². The largest absolute Gasteiger partial charge is 0.314 e. The number of nitrogens with one attached hydrogen (secondary N) is 1. The maximum atomic E-state index is 3.40. The van der Waals surface area contributed by atoms with E-state index < -0.39 is 0 Å². The van der Waals surface area contributed by atoms with Crippen LogP contribution in [0.3, 0.4) is 0 Å². The highest BCUT2D eigenvalue weighted by molar-refractivity contribution is 4.80. The molecule has 2 saturated carbocycles. The smallest absolute Gasteiger partial charge is 0.0110 e. The van der Waals surface area contributed by atoms with E-state index in [4.69, 9.17) is 0 Å². The van der Waals surface area contributed by atoms with Crippen LogP contribution in [-0.4, -0.2) is 37.1 Å². The van der Waals surface area contributed by atoms with Gasteiger partial charge < -0.3 is 5.32 Å². The molecule has 2 nitrogen and oxygen atoms in total. The molecule has 1 aliphatic heterocycles. The Labute approximate surface area is 114 Å². The molecule has 0 aromatic carbocycles. The van der Waals surface area contributed by atoms with Gasteiger partial charge in [0.1, 0.15) is 0 Å². The van der Waals surface area contributed by atoms with Gasteiger partial charge in [0, 0.05) is 32.2 Å². The second kappa shape index (κ2) is 8.16. The van der Waals surface area contributed by atoms with Crippen molar-refractivity contribution >= 4 is 0 Å². The van der Waals surface area contributed by atoms with Crippen LogP contribution in [0.4, 0.5) is 0 Å². The third-order valence-corrected chi connectivity index (χ3v) is 4.89. The van der Waals surface area contributed by atoms with E-state index in [2.05, 4.69) is 17.1 Å². The molecule has 0 amide bonds. The van der Waals surface area contributed by atoms with Crippen molar-refractivity contribution in [2.45, 2.75) is 70.8 Å². The van der Waals surface area contributed by atoms with Crippen LogP contribution in [0.1, 0.15) is 64.7 Å². The van der Waals surface area contributed by atoms with Crippen LogP contribution >= 0.6 is 0 Å². The fraction of sp³-hybridized carbons (Fsp3) is 1.00. The van der Waals surface area contributed by atoms with E-state index in [1.165, 1.54) is 84.0 Å². The van der Waals surface area contributed by atoms with Gasteiger partial charge in [0.15, 0.2) is 0 Å². The molecule has 18 heavy (non-hydrogen) atoms. The van der Waals surface area contributed by atoms with Gasteiger partial charge in [-0.1, -0.05) is 51.9 Å². The quantitative estimate of drug-likeness (QED) is 0.769. The molecule has 1 heterocycles.